The largest absolute Gasteiger partial charge is 0.326 e. The van der Waals surface area contributed by atoms with Gasteiger partial charge in [0.15, 0.2) is 5.16 Å². The van der Waals surface area contributed by atoms with Crippen LogP contribution in [-0.2, 0) is 11.8 Å². The van der Waals surface area contributed by atoms with E-state index in [0.29, 0.717) is 11.8 Å². The SMILES string of the molecule is Cn1cnnc1Sc1ccc(NC(=O)C23CC4CC(CC(Br)(C4)C2)C3)cc1. The van der Waals surface area contributed by atoms with Crippen LogP contribution in [0.2, 0.25) is 0 Å². The van der Waals surface area contributed by atoms with Crippen molar-refractivity contribution >= 4 is 39.3 Å². The summed E-state index contributed by atoms with van der Waals surface area (Å²) in [6.07, 6.45) is 8.60. The first-order chi connectivity index (χ1) is 12.9. The van der Waals surface area contributed by atoms with Gasteiger partial charge in [0.2, 0.25) is 5.91 Å². The van der Waals surface area contributed by atoms with Crippen molar-refractivity contribution in [3.05, 3.63) is 30.6 Å². The van der Waals surface area contributed by atoms with Crippen molar-refractivity contribution in [1.82, 2.24) is 14.8 Å². The van der Waals surface area contributed by atoms with Gasteiger partial charge in [0.1, 0.15) is 6.33 Å². The highest BCUT2D eigenvalue weighted by Gasteiger charge is 2.59. The normalized spacial score (nSPS) is 34.0. The minimum atomic E-state index is -0.181. The van der Waals surface area contributed by atoms with Gasteiger partial charge in [-0.25, -0.2) is 0 Å². The third-order valence-electron chi connectivity index (χ3n) is 6.46. The van der Waals surface area contributed by atoms with Crippen LogP contribution in [0.3, 0.4) is 0 Å². The van der Waals surface area contributed by atoms with Gasteiger partial charge >= 0.3 is 0 Å². The van der Waals surface area contributed by atoms with Gasteiger partial charge in [-0.2, -0.15) is 0 Å². The highest BCUT2D eigenvalue weighted by molar-refractivity contribution is 9.10. The summed E-state index contributed by atoms with van der Waals surface area (Å²) in [5.74, 6) is 1.64. The molecule has 0 radical (unpaired) electrons. The van der Waals surface area contributed by atoms with E-state index in [9.17, 15) is 4.79 Å². The molecule has 1 aromatic carbocycles. The van der Waals surface area contributed by atoms with Crippen LogP contribution in [0.4, 0.5) is 5.69 Å². The summed E-state index contributed by atoms with van der Waals surface area (Å²) in [4.78, 5) is 14.3. The van der Waals surface area contributed by atoms with E-state index >= 15 is 0 Å². The molecule has 0 aliphatic heterocycles. The number of hydrogen-bond acceptors (Lipinski definition) is 4. The molecule has 0 saturated heterocycles. The van der Waals surface area contributed by atoms with E-state index in [4.69, 9.17) is 0 Å². The highest BCUT2D eigenvalue weighted by atomic mass is 79.9. The van der Waals surface area contributed by atoms with E-state index in [2.05, 4.69) is 31.4 Å². The molecule has 0 spiro atoms. The van der Waals surface area contributed by atoms with Gasteiger partial charge < -0.3 is 9.88 Å². The summed E-state index contributed by atoms with van der Waals surface area (Å²) >= 11 is 5.56. The third kappa shape index (κ3) is 3.23. The first kappa shape index (κ1) is 17.7. The smallest absolute Gasteiger partial charge is 0.230 e. The van der Waals surface area contributed by atoms with Crippen LogP contribution in [0.15, 0.2) is 40.6 Å². The third-order valence-corrected chi connectivity index (χ3v) is 8.45. The zero-order valence-corrected chi connectivity index (χ0v) is 17.7. The number of nitrogens with zero attached hydrogens (tertiary/aromatic N) is 3. The minimum absolute atomic E-state index is 0.181. The molecule has 1 aromatic heterocycles. The van der Waals surface area contributed by atoms with E-state index < -0.39 is 0 Å². The fourth-order valence-electron chi connectivity index (χ4n) is 5.76. The summed E-state index contributed by atoms with van der Waals surface area (Å²) in [6, 6.07) is 8.03. The molecule has 4 aliphatic rings. The van der Waals surface area contributed by atoms with Crippen molar-refractivity contribution in [3.63, 3.8) is 0 Å². The molecule has 4 bridgehead atoms. The Hall–Kier alpha value is -1.34. The Kier molecular flexibility index (Phi) is 4.17. The van der Waals surface area contributed by atoms with Crippen LogP contribution >= 0.6 is 27.7 Å². The number of aryl methyl sites for hydroxylation is 1. The zero-order valence-electron chi connectivity index (χ0n) is 15.3. The first-order valence-corrected chi connectivity index (χ1v) is 11.2. The fraction of sp³-hybridized carbons (Fsp3) is 0.550. The van der Waals surface area contributed by atoms with Crippen LogP contribution in [0, 0.1) is 17.3 Å². The van der Waals surface area contributed by atoms with Crippen molar-refractivity contribution in [3.8, 4) is 0 Å². The average molecular weight is 447 g/mol. The molecule has 2 aromatic rings. The maximum atomic E-state index is 13.2. The molecule has 2 atom stereocenters. The van der Waals surface area contributed by atoms with Crippen molar-refractivity contribution in [2.75, 3.05) is 5.32 Å². The van der Waals surface area contributed by atoms with Gasteiger partial charge in [0.05, 0.1) is 5.41 Å². The van der Waals surface area contributed by atoms with Gasteiger partial charge in [0.25, 0.3) is 0 Å². The van der Waals surface area contributed by atoms with Crippen LogP contribution in [-0.4, -0.2) is 25.0 Å². The second-order valence-electron chi connectivity index (χ2n) is 8.70. The monoisotopic (exact) mass is 446 g/mol. The number of halogens is 1. The van der Waals surface area contributed by atoms with Gasteiger partial charge in [-0.1, -0.05) is 15.9 Å². The molecule has 142 valence electrons. The quantitative estimate of drug-likeness (QED) is 0.694. The lowest BCUT2D eigenvalue weighted by molar-refractivity contribution is -0.138. The number of amides is 1. The Morgan fingerprint density at radius 2 is 1.93 bits per heavy atom. The predicted octanol–water partition coefficient (Wildman–Crippen LogP) is 4.64. The average Bonchev–Trinajstić information content (AvgIpc) is 2.99. The number of hydrogen-bond donors (Lipinski definition) is 1. The molecule has 2 unspecified atom stereocenters. The molecule has 27 heavy (non-hydrogen) atoms. The Bertz CT molecular complexity index is 866. The van der Waals surface area contributed by atoms with Crippen LogP contribution in [0.1, 0.15) is 38.5 Å². The fourth-order valence-corrected chi connectivity index (χ4v) is 7.97. The summed E-state index contributed by atoms with van der Waals surface area (Å²) < 4.78 is 2.09. The van der Waals surface area contributed by atoms with Crippen LogP contribution < -0.4 is 5.32 Å². The number of benzene rings is 1. The van der Waals surface area contributed by atoms with Crippen LogP contribution in [0.25, 0.3) is 0 Å². The topological polar surface area (TPSA) is 59.8 Å². The lowest BCUT2D eigenvalue weighted by Gasteiger charge is -2.59. The predicted molar refractivity (Wildman–Crippen MR) is 109 cm³/mol. The van der Waals surface area contributed by atoms with Crippen molar-refractivity contribution in [2.24, 2.45) is 24.3 Å². The first-order valence-electron chi connectivity index (χ1n) is 9.55. The second-order valence-corrected chi connectivity index (χ2v) is 11.4. The van der Waals surface area contributed by atoms with E-state index in [0.717, 1.165) is 35.0 Å². The number of alkyl halides is 1. The van der Waals surface area contributed by atoms with Crippen LogP contribution in [0.5, 0.6) is 0 Å². The Balaban J connectivity index is 1.29. The summed E-state index contributed by atoms with van der Waals surface area (Å²) in [7, 11) is 1.93. The van der Waals surface area contributed by atoms with Gasteiger partial charge in [-0.15, -0.1) is 10.2 Å². The van der Waals surface area contributed by atoms with Gasteiger partial charge in [-0.05, 0) is 86.4 Å². The molecule has 1 amide bonds. The standard InChI is InChI=1S/C20H23BrN4OS/c1-25-12-22-24-18(25)27-16-4-2-15(3-5-16)23-17(26)19-7-13-6-14(8-19)10-20(21,9-13)11-19/h2-5,12-14H,6-11H2,1H3,(H,23,26). The molecule has 1 N–H and O–H groups in total. The van der Waals surface area contributed by atoms with E-state index in [1.54, 1.807) is 18.1 Å². The Morgan fingerprint density at radius 1 is 1.22 bits per heavy atom. The molecule has 1 heterocycles. The summed E-state index contributed by atoms with van der Waals surface area (Å²) in [5.41, 5.74) is 0.696. The van der Waals surface area contributed by atoms with Gasteiger partial charge in [0, 0.05) is 22.0 Å². The van der Waals surface area contributed by atoms with Crippen molar-refractivity contribution in [2.45, 2.75) is 52.9 Å². The number of aromatic nitrogens is 3. The highest BCUT2D eigenvalue weighted by Crippen LogP contribution is 2.64. The summed E-state index contributed by atoms with van der Waals surface area (Å²) in [5, 5.41) is 12.1. The van der Waals surface area contributed by atoms with Crippen molar-refractivity contribution < 1.29 is 4.79 Å². The number of carbonyl (C=O) groups excluding carboxylic acids is 1. The zero-order chi connectivity index (χ0) is 18.6. The Morgan fingerprint density at radius 3 is 2.52 bits per heavy atom. The number of nitrogens with one attached hydrogen (secondary N) is 1. The molecule has 4 saturated carbocycles. The molecule has 4 aliphatic carbocycles. The summed E-state index contributed by atoms with van der Waals surface area (Å²) in [6.45, 7) is 0. The van der Waals surface area contributed by atoms with E-state index in [1.165, 1.54) is 19.3 Å². The number of anilines is 1. The second kappa shape index (κ2) is 6.34. The maximum absolute atomic E-state index is 13.2. The van der Waals surface area contributed by atoms with Gasteiger partial charge in [-0.3, -0.25) is 4.79 Å². The molecule has 6 rings (SSSR count). The lowest BCUT2D eigenvalue weighted by atomic mass is 9.49. The molecular formula is C20H23BrN4OS. The van der Waals surface area contributed by atoms with Crippen molar-refractivity contribution in [1.29, 1.82) is 0 Å². The minimum Gasteiger partial charge on any atom is -0.326 e. The molecule has 5 nitrogen and oxygen atoms in total. The number of rotatable bonds is 4. The lowest BCUT2D eigenvalue weighted by Crippen LogP contribution is -2.57. The molecular weight excluding hydrogens is 424 g/mol. The Labute approximate surface area is 171 Å². The van der Waals surface area contributed by atoms with E-state index in [-0.39, 0.29) is 15.6 Å². The van der Waals surface area contributed by atoms with E-state index in [1.807, 2.05) is 35.9 Å². The molecule has 4 fully saturated rings. The molecule has 7 heteroatoms. The maximum Gasteiger partial charge on any atom is 0.230 e. The number of carbonyl (C=O) groups is 1.